The SMILES string of the molecule is CC/C=C\C/C=C\C/C=C\C/C=C\C/C=C\C/C=C\CCCCC(=O)OC(/C=C/CCCCCCCCCCCC)C(COP(=O)(O)OCC[N+](C)(C)C)NC(=O)CCCCCCCCC/C=C\C/C=C\C/C=C\C/C=C\CCCCC. The molecule has 0 fully saturated rings. The predicted octanol–water partition coefficient (Wildman–Crippen LogP) is 20.8. The molecule has 468 valence electrons. The first-order chi connectivity index (χ1) is 39.9. The molecule has 9 nitrogen and oxygen atoms in total. The van der Waals surface area contributed by atoms with Crippen LogP contribution in [0.4, 0.5) is 0 Å². The van der Waals surface area contributed by atoms with Crippen molar-refractivity contribution in [3.8, 4) is 0 Å². The molecule has 3 atom stereocenters. The minimum Gasteiger partial charge on any atom is -0.456 e. The van der Waals surface area contributed by atoms with Crippen LogP contribution in [0.5, 0.6) is 0 Å². The summed E-state index contributed by atoms with van der Waals surface area (Å²) in [4.78, 5) is 37.8. The van der Waals surface area contributed by atoms with Crippen LogP contribution in [0.25, 0.3) is 0 Å². The summed E-state index contributed by atoms with van der Waals surface area (Å²) in [6.07, 6.45) is 86.0. The highest BCUT2D eigenvalue weighted by molar-refractivity contribution is 7.47. The zero-order valence-electron chi connectivity index (χ0n) is 53.4. The molecule has 10 heteroatoms. The molecule has 0 aliphatic carbocycles. The van der Waals surface area contributed by atoms with Gasteiger partial charge < -0.3 is 19.4 Å². The highest BCUT2D eigenvalue weighted by Crippen LogP contribution is 2.43. The maximum Gasteiger partial charge on any atom is 0.472 e. The summed E-state index contributed by atoms with van der Waals surface area (Å²) in [6, 6.07) is -0.883. The fourth-order valence-corrected chi connectivity index (χ4v) is 9.49. The molecule has 0 spiro atoms. The van der Waals surface area contributed by atoms with Crippen molar-refractivity contribution in [2.24, 2.45) is 0 Å². The Bertz CT molecular complexity index is 1860. The van der Waals surface area contributed by atoms with Crippen molar-refractivity contribution in [3.05, 3.63) is 134 Å². The monoisotopic (exact) mass is 1160 g/mol. The summed E-state index contributed by atoms with van der Waals surface area (Å²) in [5.41, 5.74) is 0. The molecule has 1 amide bonds. The number of hydrogen-bond acceptors (Lipinski definition) is 6. The van der Waals surface area contributed by atoms with Gasteiger partial charge in [-0.15, -0.1) is 0 Å². The van der Waals surface area contributed by atoms with Gasteiger partial charge in [-0.1, -0.05) is 251 Å². The van der Waals surface area contributed by atoms with Crippen LogP contribution in [0, 0.1) is 0 Å². The number of quaternary nitrogens is 1. The third kappa shape index (κ3) is 60.7. The summed E-state index contributed by atoms with van der Waals surface area (Å²) in [7, 11) is 1.44. The molecule has 2 N–H and O–H groups in total. The maximum absolute atomic E-state index is 13.6. The molecule has 0 aromatic carbocycles. The van der Waals surface area contributed by atoms with Gasteiger partial charge in [0.25, 0.3) is 0 Å². The highest BCUT2D eigenvalue weighted by atomic mass is 31.2. The van der Waals surface area contributed by atoms with Crippen LogP contribution in [0.1, 0.15) is 258 Å². The first-order valence-electron chi connectivity index (χ1n) is 33.0. The van der Waals surface area contributed by atoms with E-state index in [2.05, 4.69) is 148 Å². The number of phosphoric ester groups is 1. The first-order valence-corrected chi connectivity index (χ1v) is 34.5. The lowest BCUT2D eigenvalue weighted by atomic mass is 10.0. The molecule has 0 aromatic rings. The van der Waals surface area contributed by atoms with Crippen LogP contribution in [0.2, 0.25) is 0 Å². The lowest BCUT2D eigenvalue weighted by molar-refractivity contribution is -0.870. The van der Waals surface area contributed by atoms with Crippen molar-refractivity contribution in [3.63, 3.8) is 0 Å². The number of allylic oxidation sites excluding steroid dienone is 21. The van der Waals surface area contributed by atoms with Gasteiger partial charge in [0, 0.05) is 12.8 Å². The normalized spacial score (nSPS) is 14.5. The van der Waals surface area contributed by atoms with Crippen molar-refractivity contribution in [2.45, 2.75) is 270 Å². The molecule has 0 aromatic heterocycles. The second-order valence-corrected chi connectivity index (χ2v) is 24.4. The van der Waals surface area contributed by atoms with Gasteiger partial charge in [-0.05, 0) is 128 Å². The quantitative estimate of drug-likeness (QED) is 0.0205. The number of rotatable bonds is 58. The van der Waals surface area contributed by atoms with Crippen molar-refractivity contribution in [1.82, 2.24) is 5.32 Å². The molecule has 0 bridgehead atoms. The Balaban J connectivity index is 5.30. The Morgan fingerprint density at radius 3 is 1.21 bits per heavy atom. The number of amides is 1. The van der Waals surface area contributed by atoms with Crippen LogP contribution in [0.15, 0.2) is 134 Å². The van der Waals surface area contributed by atoms with Crippen LogP contribution in [0.3, 0.4) is 0 Å². The first kappa shape index (κ1) is 78.1. The smallest absolute Gasteiger partial charge is 0.456 e. The summed E-state index contributed by atoms with van der Waals surface area (Å²) >= 11 is 0. The fourth-order valence-electron chi connectivity index (χ4n) is 8.75. The maximum atomic E-state index is 13.6. The second-order valence-electron chi connectivity index (χ2n) is 22.9. The van der Waals surface area contributed by atoms with Gasteiger partial charge in [0.05, 0.1) is 33.8 Å². The highest BCUT2D eigenvalue weighted by Gasteiger charge is 2.30. The van der Waals surface area contributed by atoms with E-state index in [9.17, 15) is 19.0 Å². The number of carbonyl (C=O) groups excluding carboxylic acids is 2. The number of ether oxygens (including phenoxy) is 1. The van der Waals surface area contributed by atoms with Gasteiger partial charge in [0.1, 0.15) is 19.3 Å². The minimum absolute atomic E-state index is 0.0232. The van der Waals surface area contributed by atoms with Crippen molar-refractivity contribution < 1.29 is 37.3 Å². The molecule has 0 heterocycles. The Morgan fingerprint density at radius 1 is 0.439 bits per heavy atom. The largest absolute Gasteiger partial charge is 0.472 e. The van der Waals surface area contributed by atoms with Gasteiger partial charge in [0.15, 0.2) is 0 Å². The number of phosphoric acid groups is 1. The summed E-state index contributed by atoms with van der Waals surface area (Å²) < 4.78 is 30.7. The number of carbonyl (C=O) groups is 2. The number of nitrogens with one attached hydrogen (secondary N) is 1. The number of likely N-dealkylation sites (N-methyl/N-ethyl adjacent to an activating group) is 1. The van der Waals surface area contributed by atoms with Gasteiger partial charge in [0.2, 0.25) is 5.91 Å². The Morgan fingerprint density at radius 2 is 0.780 bits per heavy atom. The van der Waals surface area contributed by atoms with Crippen LogP contribution >= 0.6 is 7.82 Å². The molecule has 0 aliphatic heterocycles. The van der Waals surface area contributed by atoms with Crippen LogP contribution < -0.4 is 5.32 Å². The van der Waals surface area contributed by atoms with E-state index in [1.807, 2.05) is 33.3 Å². The van der Waals surface area contributed by atoms with E-state index in [1.54, 1.807) is 0 Å². The van der Waals surface area contributed by atoms with E-state index < -0.39 is 20.0 Å². The fraction of sp³-hybridized carbons (Fsp3) is 0.667. The summed E-state index contributed by atoms with van der Waals surface area (Å²) in [5.74, 6) is -0.576. The number of nitrogens with zero attached hydrogens (tertiary/aromatic N) is 1. The Hall–Kier alpha value is -3.85. The number of esters is 1. The van der Waals surface area contributed by atoms with Crippen LogP contribution in [-0.2, 0) is 27.9 Å². The second kappa shape index (κ2) is 60.3. The van der Waals surface area contributed by atoms with Crippen molar-refractivity contribution >= 4 is 19.7 Å². The van der Waals surface area contributed by atoms with E-state index in [0.717, 1.165) is 122 Å². The van der Waals surface area contributed by atoms with E-state index in [0.29, 0.717) is 23.9 Å². The lowest BCUT2D eigenvalue weighted by Gasteiger charge is -2.27. The lowest BCUT2D eigenvalue weighted by Crippen LogP contribution is -2.47. The molecule has 0 rings (SSSR count). The van der Waals surface area contributed by atoms with Gasteiger partial charge in [-0.25, -0.2) is 4.57 Å². The van der Waals surface area contributed by atoms with Gasteiger partial charge in [-0.3, -0.25) is 18.6 Å². The van der Waals surface area contributed by atoms with E-state index in [4.69, 9.17) is 13.8 Å². The topological polar surface area (TPSA) is 111 Å². The van der Waals surface area contributed by atoms with E-state index in [-0.39, 0.29) is 31.5 Å². The zero-order chi connectivity index (χ0) is 60.0. The summed E-state index contributed by atoms with van der Waals surface area (Å²) in [5, 5.41) is 3.04. The van der Waals surface area contributed by atoms with Crippen LogP contribution in [-0.4, -0.2) is 74.3 Å². The average Bonchev–Trinajstić information content (AvgIpc) is 3.44. The van der Waals surface area contributed by atoms with E-state index >= 15 is 0 Å². The molecule has 3 unspecified atom stereocenters. The third-order valence-corrected chi connectivity index (χ3v) is 14.8. The number of hydrogen-bond donors (Lipinski definition) is 2. The molecule has 0 radical (unpaired) electrons. The molecule has 0 saturated heterocycles. The standard InChI is InChI=1S/C72H123N2O7P/c1-7-10-13-16-19-22-25-28-30-32-34-36-37-39-40-42-44-46-49-52-55-58-61-64-71(75)73-69(68-80-82(77,78)79-67-66-74(4,5)6)70(63-60-57-54-51-48-27-24-21-18-15-12-9-3)81-72(76)65-62-59-56-53-50-47-45-43-41-38-35-33-31-29-26-23-20-17-14-11-8-2/h11,14,19-20,22-23,28-31,34-36,38-40,43,45,50,53,60,63,69-70H,7-10,12-13,15-18,21,24-27,32-33,37,41-42,44,46-49,51-52,54-59,61-62,64-68H2,1-6H3,(H-,73,75,77,78)/p+1/b14-11-,22-19-,23-20-,30-28-,31-29-,36-34-,38-35-,40-39-,45-43-,53-50-,63-60+. The number of unbranched alkanes of at least 4 members (excludes halogenated alkanes) is 22. The Kier molecular flexibility index (Phi) is 57.4. The van der Waals surface area contributed by atoms with Crippen molar-refractivity contribution in [2.75, 3.05) is 40.9 Å². The molecular weight excluding hydrogens is 1040 g/mol. The van der Waals surface area contributed by atoms with Gasteiger partial charge in [-0.2, -0.15) is 0 Å². The molecule has 0 saturated carbocycles. The van der Waals surface area contributed by atoms with Gasteiger partial charge >= 0.3 is 13.8 Å². The molecule has 82 heavy (non-hydrogen) atoms. The molecule has 0 aliphatic rings. The third-order valence-electron chi connectivity index (χ3n) is 13.8. The van der Waals surface area contributed by atoms with E-state index in [1.165, 1.54) is 96.3 Å². The summed E-state index contributed by atoms with van der Waals surface area (Å²) in [6.45, 7) is 6.82. The molecular formula is C72H124N2O7P+. The zero-order valence-corrected chi connectivity index (χ0v) is 54.3. The Labute approximate surface area is 505 Å². The van der Waals surface area contributed by atoms with Crippen molar-refractivity contribution in [1.29, 1.82) is 0 Å². The minimum atomic E-state index is -4.48. The predicted molar refractivity (Wildman–Crippen MR) is 355 cm³/mol. The average molecular weight is 1160 g/mol.